The molecule has 1 fully saturated rings. The summed E-state index contributed by atoms with van der Waals surface area (Å²) in [5, 5.41) is 56.6. The maximum Gasteiger partial charge on any atom is 0.202 e. The van der Waals surface area contributed by atoms with Crippen LogP contribution in [0.4, 0.5) is 0 Å². The van der Waals surface area contributed by atoms with Crippen LogP contribution in [0.5, 0.6) is 17.2 Å². The van der Waals surface area contributed by atoms with Crippen molar-refractivity contribution in [3.05, 3.63) is 56.5 Å². The number of aliphatic hydroxyl groups is 3. The predicted molar refractivity (Wildman–Crippen MR) is 133 cm³/mol. The third-order valence-electron chi connectivity index (χ3n) is 7.87. The molecule has 40 heavy (non-hydrogen) atoms. The molecule has 2 aromatic carbocycles. The van der Waals surface area contributed by atoms with Crippen LogP contribution in [-0.2, 0) is 20.7 Å². The van der Waals surface area contributed by atoms with Gasteiger partial charge in [-0.25, -0.2) is 0 Å². The molecule has 5 N–H and O–H groups in total. The highest BCUT2D eigenvalue weighted by Gasteiger charge is 2.50. The molecule has 0 amide bonds. The Bertz CT molecular complexity index is 1440. The first kappa shape index (κ1) is 27.8. The second-order valence-corrected chi connectivity index (χ2v) is 10.2. The third-order valence-corrected chi connectivity index (χ3v) is 7.87. The number of nitroso groups, excluding NO2 is 1. The maximum absolute atomic E-state index is 13.7. The van der Waals surface area contributed by atoms with Crippen molar-refractivity contribution in [3.8, 4) is 17.2 Å². The number of methoxy groups -OCH3 is 1. The van der Waals surface area contributed by atoms with Crippen molar-refractivity contribution < 1.29 is 54.1 Å². The number of aliphatic hydroxyl groups excluding tert-OH is 2. The van der Waals surface area contributed by atoms with Crippen molar-refractivity contribution in [1.29, 1.82) is 0 Å². The SMILES string of the molecule is COc1cccc2c1C(=O)c1c(O)c3c(c(O)c1C2=O)C[C@@](O)(C(=O)CO)C[C@@H]3OC1CC(N=O)C(O)C(C)O1. The number of benzene rings is 2. The number of nitrogens with zero attached hydrogens (tertiary/aromatic N) is 1. The van der Waals surface area contributed by atoms with Gasteiger partial charge in [-0.15, -0.1) is 0 Å². The molecular formula is C27H27NO12. The van der Waals surface area contributed by atoms with Gasteiger partial charge >= 0.3 is 0 Å². The van der Waals surface area contributed by atoms with Gasteiger partial charge in [-0.1, -0.05) is 17.3 Å². The van der Waals surface area contributed by atoms with E-state index < -0.39 is 95.7 Å². The Morgan fingerprint density at radius 2 is 1.85 bits per heavy atom. The zero-order chi connectivity index (χ0) is 29.1. The summed E-state index contributed by atoms with van der Waals surface area (Å²) in [6, 6.07) is 3.20. The maximum atomic E-state index is 13.7. The summed E-state index contributed by atoms with van der Waals surface area (Å²) in [4.78, 5) is 51.0. The normalized spacial score (nSPS) is 29.3. The van der Waals surface area contributed by atoms with Crippen molar-refractivity contribution in [2.45, 2.75) is 62.4 Å². The second kappa shape index (κ2) is 10.0. The van der Waals surface area contributed by atoms with Crippen molar-refractivity contribution in [1.82, 2.24) is 0 Å². The van der Waals surface area contributed by atoms with Crippen LogP contribution in [0.25, 0.3) is 0 Å². The van der Waals surface area contributed by atoms with Gasteiger partial charge in [0.1, 0.15) is 41.6 Å². The standard InChI is InChI=1S/C27H27NO12/c1-10-22(31)13(28-37)6-17(39-10)40-15-8-27(36,16(30)9-29)7-12-19(15)26(35)21-20(24(12)33)23(32)11-4-3-5-14(38-2)18(11)25(21)34/h3-5,10,13,15,17,22,29,31,33,35-36H,6-9H2,1-2H3/t10?,13?,15-,17?,22?,27-/m0/s1. The highest BCUT2D eigenvalue weighted by Crippen LogP contribution is 2.52. The first-order valence-electron chi connectivity index (χ1n) is 12.5. The van der Waals surface area contributed by atoms with Crippen molar-refractivity contribution >= 4 is 17.3 Å². The number of carbonyl (C=O) groups is 3. The minimum Gasteiger partial charge on any atom is -0.507 e. The Labute approximate surface area is 226 Å². The van der Waals surface area contributed by atoms with Gasteiger partial charge in [0.25, 0.3) is 0 Å². The smallest absolute Gasteiger partial charge is 0.202 e. The zero-order valence-electron chi connectivity index (χ0n) is 21.5. The van der Waals surface area contributed by atoms with Gasteiger partial charge in [0.15, 0.2) is 17.9 Å². The van der Waals surface area contributed by atoms with Gasteiger partial charge in [0.2, 0.25) is 5.78 Å². The van der Waals surface area contributed by atoms with E-state index in [1.807, 2.05) is 0 Å². The second-order valence-electron chi connectivity index (χ2n) is 10.2. The van der Waals surface area contributed by atoms with E-state index in [2.05, 4.69) is 5.18 Å². The molecule has 13 heteroatoms. The third kappa shape index (κ3) is 4.09. The molecule has 0 bridgehead atoms. The first-order chi connectivity index (χ1) is 19.0. The van der Waals surface area contributed by atoms with Gasteiger partial charge in [-0.2, -0.15) is 4.91 Å². The summed E-state index contributed by atoms with van der Waals surface area (Å²) in [6.45, 7) is 0.425. The molecule has 0 saturated carbocycles. The highest BCUT2D eigenvalue weighted by molar-refractivity contribution is 6.31. The number of carbonyl (C=O) groups excluding carboxylic acids is 3. The Balaban J connectivity index is 1.68. The molecular weight excluding hydrogens is 530 g/mol. The van der Waals surface area contributed by atoms with Crippen LogP contribution in [0.2, 0.25) is 0 Å². The number of Topliss-reactive ketones (excluding diaryl/α,β-unsaturated/α-hetero) is 1. The minimum absolute atomic E-state index is 0.0735. The molecule has 5 rings (SSSR count). The lowest BCUT2D eigenvalue weighted by Gasteiger charge is -2.41. The molecule has 13 nitrogen and oxygen atoms in total. The molecule has 0 spiro atoms. The molecule has 1 aliphatic heterocycles. The van der Waals surface area contributed by atoms with Crippen molar-refractivity contribution in [3.63, 3.8) is 0 Å². The fraction of sp³-hybridized carbons (Fsp3) is 0.444. The lowest BCUT2D eigenvalue weighted by atomic mass is 9.72. The number of phenolic OH excluding ortho intramolecular Hbond substituents is 2. The highest BCUT2D eigenvalue weighted by atomic mass is 16.7. The van der Waals surface area contributed by atoms with E-state index in [0.717, 1.165) is 0 Å². The number of ketones is 3. The van der Waals surface area contributed by atoms with E-state index in [9.17, 15) is 44.8 Å². The van der Waals surface area contributed by atoms with Gasteiger partial charge in [0.05, 0.1) is 36.0 Å². The van der Waals surface area contributed by atoms with Crippen LogP contribution in [-0.4, -0.2) is 86.7 Å². The van der Waals surface area contributed by atoms with E-state index >= 15 is 0 Å². The molecule has 0 aromatic heterocycles. The van der Waals surface area contributed by atoms with Crippen LogP contribution in [0, 0.1) is 4.91 Å². The van der Waals surface area contributed by atoms with Gasteiger partial charge in [-0.05, 0) is 13.0 Å². The number of hydrogen-bond donors (Lipinski definition) is 5. The number of hydrogen-bond acceptors (Lipinski definition) is 13. The number of ether oxygens (including phenoxy) is 3. The van der Waals surface area contributed by atoms with Gasteiger partial charge in [0, 0.05) is 36.0 Å². The molecule has 3 aliphatic rings. The molecule has 2 aromatic rings. The van der Waals surface area contributed by atoms with Crippen LogP contribution >= 0.6 is 0 Å². The van der Waals surface area contributed by atoms with Crippen LogP contribution in [0.1, 0.15) is 68.8 Å². The monoisotopic (exact) mass is 557 g/mol. The van der Waals surface area contributed by atoms with Crippen molar-refractivity contribution in [2.75, 3.05) is 13.7 Å². The first-order valence-corrected chi connectivity index (χ1v) is 12.5. The largest absolute Gasteiger partial charge is 0.507 e. The predicted octanol–water partition coefficient (Wildman–Crippen LogP) is 0.809. The molecule has 4 unspecified atom stereocenters. The van der Waals surface area contributed by atoms with Crippen LogP contribution < -0.4 is 4.74 Å². The summed E-state index contributed by atoms with van der Waals surface area (Å²) < 4.78 is 16.9. The summed E-state index contributed by atoms with van der Waals surface area (Å²) in [5.74, 6) is -3.99. The average molecular weight is 558 g/mol. The Morgan fingerprint density at radius 3 is 2.50 bits per heavy atom. The molecule has 1 saturated heterocycles. The van der Waals surface area contributed by atoms with E-state index in [-0.39, 0.29) is 34.4 Å². The number of rotatable bonds is 6. The topological polar surface area (TPSA) is 209 Å². The average Bonchev–Trinajstić information content (AvgIpc) is 2.94. The number of phenols is 2. The molecule has 6 atom stereocenters. The molecule has 0 radical (unpaired) electrons. The summed E-state index contributed by atoms with van der Waals surface area (Å²) >= 11 is 0. The lowest BCUT2D eigenvalue weighted by molar-refractivity contribution is -0.247. The van der Waals surface area contributed by atoms with Crippen LogP contribution in [0.3, 0.4) is 0 Å². The quantitative estimate of drug-likeness (QED) is 0.211. The van der Waals surface area contributed by atoms with E-state index in [0.29, 0.717) is 0 Å². The van der Waals surface area contributed by atoms with Gasteiger partial charge < -0.3 is 39.7 Å². The van der Waals surface area contributed by atoms with E-state index in [1.165, 1.54) is 32.2 Å². The van der Waals surface area contributed by atoms with E-state index in [1.54, 1.807) is 0 Å². The summed E-state index contributed by atoms with van der Waals surface area (Å²) in [5.41, 5.74) is -3.93. The summed E-state index contributed by atoms with van der Waals surface area (Å²) in [7, 11) is 1.31. The molecule has 2 aliphatic carbocycles. The fourth-order valence-corrected chi connectivity index (χ4v) is 5.80. The fourth-order valence-electron chi connectivity index (χ4n) is 5.80. The zero-order valence-corrected chi connectivity index (χ0v) is 21.5. The minimum atomic E-state index is -2.30. The van der Waals surface area contributed by atoms with Gasteiger partial charge in [-0.3, -0.25) is 14.4 Å². The Hall–Kier alpha value is -3.75. The Morgan fingerprint density at radius 1 is 1.15 bits per heavy atom. The molecule has 212 valence electrons. The Kier molecular flexibility index (Phi) is 6.96. The lowest BCUT2D eigenvalue weighted by Crippen LogP contribution is -2.50. The van der Waals surface area contributed by atoms with E-state index in [4.69, 9.17) is 14.2 Å². The van der Waals surface area contributed by atoms with Crippen molar-refractivity contribution in [2.24, 2.45) is 5.18 Å². The number of fused-ring (bicyclic) bond motifs is 3. The van der Waals surface area contributed by atoms with Crippen LogP contribution in [0.15, 0.2) is 23.4 Å². The molecule has 1 heterocycles. The summed E-state index contributed by atoms with van der Waals surface area (Å²) in [6.07, 6.45) is -6.12. The number of aromatic hydroxyl groups is 2.